The molecule has 0 bridgehead atoms. The molecule has 0 aliphatic heterocycles. The predicted molar refractivity (Wildman–Crippen MR) is 99.4 cm³/mol. The Morgan fingerprint density at radius 2 is 1.76 bits per heavy atom. The van der Waals surface area contributed by atoms with Crippen LogP contribution in [-0.2, 0) is 14.3 Å². The quantitative estimate of drug-likeness (QED) is 0.527. The van der Waals surface area contributed by atoms with Gasteiger partial charge in [-0.1, -0.05) is 24.3 Å². The highest BCUT2D eigenvalue weighted by Gasteiger charge is 2.15. The molecular formula is C17H15BrN2O4S. The molecule has 0 heterocycles. The van der Waals surface area contributed by atoms with Crippen molar-refractivity contribution in [3.8, 4) is 0 Å². The van der Waals surface area contributed by atoms with E-state index in [0.717, 1.165) is 16.2 Å². The SMILES string of the molecule is NC(=O)CSc1ccccc1C(=O)OCC(=O)Nc1ccccc1Br. The number of ether oxygens (including phenoxy) is 1. The molecule has 0 aliphatic carbocycles. The number of anilines is 1. The van der Waals surface area contributed by atoms with Gasteiger partial charge in [0.2, 0.25) is 5.91 Å². The van der Waals surface area contributed by atoms with Gasteiger partial charge in [0.05, 0.1) is 17.0 Å². The van der Waals surface area contributed by atoms with Crippen LogP contribution in [0.15, 0.2) is 57.9 Å². The van der Waals surface area contributed by atoms with Crippen molar-refractivity contribution in [2.24, 2.45) is 5.73 Å². The van der Waals surface area contributed by atoms with E-state index in [1.807, 2.05) is 6.07 Å². The second kappa shape index (κ2) is 9.24. The molecule has 6 nitrogen and oxygen atoms in total. The summed E-state index contributed by atoms with van der Waals surface area (Å²) in [6.45, 7) is -0.422. The number of rotatable bonds is 7. The minimum Gasteiger partial charge on any atom is -0.452 e. The van der Waals surface area contributed by atoms with Gasteiger partial charge in [0.15, 0.2) is 6.61 Å². The fourth-order valence-corrected chi connectivity index (χ4v) is 3.03. The number of benzene rings is 2. The summed E-state index contributed by atoms with van der Waals surface area (Å²) >= 11 is 4.46. The van der Waals surface area contributed by atoms with Crippen LogP contribution in [0.2, 0.25) is 0 Å². The summed E-state index contributed by atoms with van der Waals surface area (Å²) in [6, 6.07) is 13.8. The van der Waals surface area contributed by atoms with Gasteiger partial charge < -0.3 is 15.8 Å². The summed E-state index contributed by atoms with van der Waals surface area (Å²) in [5.74, 6) is -1.54. The number of hydrogen-bond acceptors (Lipinski definition) is 5. The lowest BCUT2D eigenvalue weighted by atomic mass is 10.2. The molecule has 2 aromatic rings. The third-order valence-electron chi connectivity index (χ3n) is 2.96. The summed E-state index contributed by atoms with van der Waals surface area (Å²) in [7, 11) is 0. The summed E-state index contributed by atoms with van der Waals surface area (Å²) in [4.78, 5) is 35.6. The van der Waals surface area contributed by atoms with Gasteiger partial charge in [0.25, 0.3) is 5.91 Å². The number of primary amides is 1. The Balaban J connectivity index is 1.95. The Kier molecular flexibility index (Phi) is 7.03. The Bertz CT molecular complexity index is 798. The molecule has 0 spiro atoms. The number of para-hydroxylation sites is 1. The van der Waals surface area contributed by atoms with Crippen LogP contribution in [0.25, 0.3) is 0 Å². The van der Waals surface area contributed by atoms with Crippen LogP contribution < -0.4 is 11.1 Å². The molecule has 0 unspecified atom stereocenters. The van der Waals surface area contributed by atoms with Crippen molar-refractivity contribution in [2.75, 3.05) is 17.7 Å². The molecule has 0 atom stereocenters. The van der Waals surface area contributed by atoms with E-state index in [4.69, 9.17) is 10.5 Å². The van der Waals surface area contributed by atoms with Gasteiger partial charge in [-0.2, -0.15) is 0 Å². The maximum atomic E-state index is 12.2. The average Bonchev–Trinajstić information content (AvgIpc) is 2.60. The van der Waals surface area contributed by atoms with Gasteiger partial charge in [-0.25, -0.2) is 4.79 Å². The number of carbonyl (C=O) groups is 3. The number of halogens is 1. The fourth-order valence-electron chi connectivity index (χ4n) is 1.87. The van der Waals surface area contributed by atoms with Crippen LogP contribution >= 0.6 is 27.7 Å². The molecule has 25 heavy (non-hydrogen) atoms. The molecule has 0 saturated carbocycles. The van der Waals surface area contributed by atoms with Gasteiger partial charge in [0, 0.05) is 9.37 Å². The monoisotopic (exact) mass is 422 g/mol. The first kappa shape index (κ1) is 19.0. The predicted octanol–water partition coefficient (Wildman–Crippen LogP) is 2.82. The molecule has 0 aromatic heterocycles. The van der Waals surface area contributed by atoms with Gasteiger partial charge in [-0.05, 0) is 40.2 Å². The first-order valence-corrected chi connectivity index (χ1v) is 8.97. The maximum absolute atomic E-state index is 12.2. The second-order valence-electron chi connectivity index (χ2n) is 4.86. The summed E-state index contributed by atoms with van der Waals surface area (Å²) in [5, 5.41) is 2.64. The van der Waals surface area contributed by atoms with Gasteiger partial charge in [-0.3, -0.25) is 9.59 Å². The van der Waals surface area contributed by atoms with Crippen molar-refractivity contribution in [1.29, 1.82) is 0 Å². The van der Waals surface area contributed by atoms with E-state index in [1.54, 1.807) is 42.5 Å². The van der Waals surface area contributed by atoms with E-state index in [9.17, 15) is 14.4 Å². The third kappa shape index (κ3) is 5.91. The van der Waals surface area contributed by atoms with Crippen molar-refractivity contribution < 1.29 is 19.1 Å². The molecule has 2 aromatic carbocycles. The lowest BCUT2D eigenvalue weighted by molar-refractivity contribution is -0.119. The molecule has 0 fully saturated rings. The zero-order valence-corrected chi connectivity index (χ0v) is 15.4. The Morgan fingerprint density at radius 3 is 2.48 bits per heavy atom. The van der Waals surface area contributed by atoms with Crippen molar-refractivity contribution in [2.45, 2.75) is 4.90 Å². The third-order valence-corrected chi connectivity index (χ3v) is 4.75. The molecule has 2 amide bonds. The molecule has 2 rings (SSSR count). The van der Waals surface area contributed by atoms with Crippen molar-refractivity contribution in [1.82, 2.24) is 0 Å². The second-order valence-corrected chi connectivity index (χ2v) is 6.73. The molecular weight excluding hydrogens is 408 g/mol. The van der Waals surface area contributed by atoms with E-state index in [-0.39, 0.29) is 11.3 Å². The average molecular weight is 423 g/mol. The van der Waals surface area contributed by atoms with Crippen LogP contribution in [0.1, 0.15) is 10.4 Å². The summed E-state index contributed by atoms with van der Waals surface area (Å²) in [6.07, 6.45) is 0. The first-order valence-electron chi connectivity index (χ1n) is 7.19. The van der Waals surface area contributed by atoms with E-state index in [0.29, 0.717) is 10.6 Å². The topological polar surface area (TPSA) is 98.5 Å². The van der Waals surface area contributed by atoms with Crippen LogP contribution in [-0.4, -0.2) is 30.1 Å². The maximum Gasteiger partial charge on any atom is 0.339 e. The Morgan fingerprint density at radius 1 is 1.08 bits per heavy atom. The normalized spacial score (nSPS) is 10.1. The highest BCUT2D eigenvalue weighted by molar-refractivity contribution is 9.10. The molecule has 3 N–H and O–H groups in total. The Hall–Kier alpha value is -2.32. The van der Waals surface area contributed by atoms with Crippen molar-refractivity contribution in [3.05, 3.63) is 58.6 Å². The van der Waals surface area contributed by atoms with E-state index in [2.05, 4.69) is 21.2 Å². The minimum atomic E-state index is -0.644. The smallest absolute Gasteiger partial charge is 0.339 e. The van der Waals surface area contributed by atoms with Gasteiger partial charge >= 0.3 is 5.97 Å². The van der Waals surface area contributed by atoms with Crippen LogP contribution in [0.4, 0.5) is 5.69 Å². The minimum absolute atomic E-state index is 0.0484. The van der Waals surface area contributed by atoms with E-state index in [1.165, 1.54) is 0 Å². The zero-order valence-electron chi connectivity index (χ0n) is 13.0. The molecule has 0 radical (unpaired) electrons. The fraction of sp³-hybridized carbons (Fsp3) is 0.118. The molecule has 0 aliphatic rings. The van der Waals surface area contributed by atoms with E-state index >= 15 is 0 Å². The number of nitrogens with one attached hydrogen (secondary N) is 1. The lowest BCUT2D eigenvalue weighted by Gasteiger charge is -2.10. The number of carbonyl (C=O) groups excluding carboxylic acids is 3. The number of hydrogen-bond donors (Lipinski definition) is 2. The number of thioether (sulfide) groups is 1. The number of amides is 2. The van der Waals surface area contributed by atoms with E-state index < -0.39 is 24.4 Å². The highest BCUT2D eigenvalue weighted by Crippen LogP contribution is 2.23. The van der Waals surface area contributed by atoms with Gasteiger partial charge in [-0.15, -0.1) is 11.8 Å². The highest BCUT2D eigenvalue weighted by atomic mass is 79.9. The first-order chi connectivity index (χ1) is 12.0. The van der Waals surface area contributed by atoms with Crippen molar-refractivity contribution in [3.63, 3.8) is 0 Å². The molecule has 130 valence electrons. The summed E-state index contributed by atoms with van der Waals surface area (Å²) in [5.41, 5.74) is 5.98. The zero-order chi connectivity index (χ0) is 18.2. The summed E-state index contributed by atoms with van der Waals surface area (Å²) < 4.78 is 5.78. The number of esters is 1. The largest absolute Gasteiger partial charge is 0.452 e. The Labute approximate surface area is 157 Å². The number of nitrogens with two attached hydrogens (primary N) is 1. The molecule has 8 heteroatoms. The van der Waals surface area contributed by atoms with Crippen LogP contribution in [0.3, 0.4) is 0 Å². The van der Waals surface area contributed by atoms with Crippen LogP contribution in [0.5, 0.6) is 0 Å². The van der Waals surface area contributed by atoms with Gasteiger partial charge in [0.1, 0.15) is 0 Å². The van der Waals surface area contributed by atoms with Crippen LogP contribution in [0, 0.1) is 0 Å². The standard InChI is InChI=1S/C17H15BrN2O4S/c18-12-6-2-3-7-13(12)20-16(22)9-24-17(23)11-5-1-4-8-14(11)25-10-15(19)21/h1-8H,9-10H2,(H2,19,21)(H,20,22). The lowest BCUT2D eigenvalue weighted by Crippen LogP contribution is -2.21. The molecule has 0 saturated heterocycles. The van der Waals surface area contributed by atoms with Crippen molar-refractivity contribution >= 4 is 51.2 Å².